The second-order valence-corrected chi connectivity index (χ2v) is 4.07. The number of hydrogen-bond acceptors (Lipinski definition) is 2. The van der Waals surface area contributed by atoms with Crippen molar-refractivity contribution in [2.75, 3.05) is 0 Å². The van der Waals surface area contributed by atoms with Gasteiger partial charge in [-0.1, -0.05) is 36.0 Å². The third-order valence-electron chi connectivity index (χ3n) is 2.78. The van der Waals surface area contributed by atoms with Crippen molar-refractivity contribution in [2.45, 2.75) is 38.0 Å². The van der Waals surface area contributed by atoms with E-state index in [1.165, 1.54) is 19.3 Å². The van der Waals surface area contributed by atoms with Gasteiger partial charge in [0.2, 0.25) is 5.76 Å². The molecule has 0 amide bonds. The average molecular weight is 210 g/mol. The van der Waals surface area contributed by atoms with Gasteiger partial charge in [-0.15, -0.1) is 6.42 Å². The number of rotatable bonds is 1. The summed E-state index contributed by atoms with van der Waals surface area (Å²) in [7, 11) is 0. The fourth-order valence-corrected chi connectivity index (χ4v) is 2.29. The minimum atomic E-state index is 0.368. The van der Waals surface area contributed by atoms with Gasteiger partial charge in [0.25, 0.3) is 0 Å². The van der Waals surface area contributed by atoms with Crippen LogP contribution in [0.3, 0.4) is 0 Å². The summed E-state index contributed by atoms with van der Waals surface area (Å²) in [6, 6.07) is 0. The first-order chi connectivity index (χ1) is 6.83. The van der Waals surface area contributed by atoms with E-state index in [2.05, 4.69) is 11.1 Å². The maximum Gasteiger partial charge on any atom is 0.228 e. The smallest absolute Gasteiger partial charge is 0.228 e. The SMILES string of the molecule is C#Cc1onc(C2CCCCC2)c1Cl. The van der Waals surface area contributed by atoms with Crippen LogP contribution in [-0.2, 0) is 0 Å². The maximum absolute atomic E-state index is 6.06. The normalized spacial score (nSPS) is 18.0. The van der Waals surface area contributed by atoms with Crippen molar-refractivity contribution < 1.29 is 4.52 Å². The lowest BCUT2D eigenvalue weighted by Gasteiger charge is -2.19. The average Bonchev–Trinajstić information content (AvgIpc) is 2.61. The van der Waals surface area contributed by atoms with Crippen LogP contribution >= 0.6 is 11.6 Å². The van der Waals surface area contributed by atoms with E-state index < -0.39 is 0 Å². The quantitative estimate of drug-likeness (QED) is 0.663. The van der Waals surface area contributed by atoms with Crippen molar-refractivity contribution in [3.8, 4) is 12.3 Å². The summed E-state index contributed by atoms with van der Waals surface area (Å²) in [5.41, 5.74) is 0.860. The molecule has 1 fully saturated rings. The van der Waals surface area contributed by atoms with Gasteiger partial charge in [-0.05, 0) is 18.8 Å². The molecule has 0 unspecified atom stereocenters. The lowest BCUT2D eigenvalue weighted by molar-refractivity contribution is 0.375. The van der Waals surface area contributed by atoms with Crippen LogP contribution in [0.25, 0.3) is 0 Å². The molecule has 1 heterocycles. The largest absolute Gasteiger partial charge is 0.346 e. The van der Waals surface area contributed by atoms with Gasteiger partial charge in [0.15, 0.2) is 0 Å². The molecule has 3 heteroatoms. The van der Waals surface area contributed by atoms with E-state index in [9.17, 15) is 0 Å². The third-order valence-corrected chi connectivity index (χ3v) is 3.15. The second kappa shape index (κ2) is 4.06. The summed E-state index contributed by atoms with van der Waals surface area (Å²) in [6.45, 7) is 0. The summed E-state index contributed by atoms with van der Waals surface area (Å²) in [5.74, 6) is 3.21. The van der Waals surface area contributed by atoms with E-state index in [0.717, 1.165) is 18.5 Å². The predicted molar refractivity (Wildman–Crippen MR) is 55.3 cm³/mol. The fourth-order valence-electron chi connectivity index (χ4n) is 2.01. The van der Waals surface area contributed by atoms with Gasteiger partial charge in [-0.2, -0.15) is 0 Å². The molecule has 14 heavy (non-hydrogen) atoms. The predicted octanol–water partition coefficient (Wildman–Crippen LogP) is 3.36. The Labute approximate surface area is 88.6 Å². The van der Waals surface area contributed by atoms with E-state index >= 15 is 0 Å². The van der Waals surface area contributed by atoms with Crippen molar-refractivity contribution in [3.63, 3.8) is 0 Å². The first-order valence-corrected chi connectivity index (χ1v) is 5.32. The van der Waals surface area contributed by atoms with Crippen molar-refractivity contribution in [2.24, 2.45) is 0 Å². The van der Waals surface area contributed by atoms with Crippen LogP contribution in [0.5, 0.6) is 0 Å². The lowest BCUT2D eigenvalue weighted by atomic mass is 9.87. The first-order valence-electron chi connectivity index (χ1n) is 4.94. The Bertz CT molecular complexity index is 358. The zero-order chi connectivity index (χ0) is 9.97. The molecule has 1 aliphatic rings. The highest BCUT2D eigenvalue weighted by molar-refractivity contribution is 6.32. The van der Waals surface area contributed by atoms with Crippen LogP contribution in [0.15, 0.2) is 4.52 Å². The van der Waals surface area contributed by atoms with Crippen LogP contribution in [0.4, 0.5) is 0 Å². The summed E-state index contributed by atoms with van der Waals surface area (Å²) < 4.78 is 4.98. The molecule has 2 nitrogen and oxygen atoms in total. The van der Waals surface area contributed by atoms with Crippen molar-refractivity contribution in [1.82, 2.24) is 5.16 Å². The molecule has 0 saturated heterocycles. The molecule has 0 bridgehead atoms. The molecule has 1 aromatic heterocycles. The lowest BCUT2D eigenvalue weighted by Crippen LogP contribution is -2.05. The molecule has 2 rings (SSSR count). The minimum Gasteiger partial charge on any atom is -0.346 e. The number of terminal acetylenes is 1. The monoisotopic (exact) mass is 209 g/mol. The van der Waals surface area contributed by atoms with Gasteiger partial charge >= 0.3 is 0 Å². The van der Waals surface area contributed by atoms with E-state index in [1.54, 1.807) is 0 Å². The van der Waals surface area contributed by atoms with Crippen LogP contribution in [0.2, 0.25) is 5.02 Å². The van der Waals surface area contributed by atoms with Crippen molar-refractivity contribution in [1.29, 1.82) is 0 Å². The Morgan fingerprint density at radius 2 is 2.07 bits per heavy atom. The molecule has 0 radical (unpaired) electrons. The van der Waals surface area contributed by atoms with E-state index in [1.807, 2.05) is 0 Å². The van der Waals surface area contributed by atoms with Gasteiger partial charge in [-0.25, -0.2) is 0 Å². The van der Waals surface area contributed by atoms with Gasteiger partial charge < -0.3 is 4.52 Å². The highest BCUT2D eigenvalue weighted by atomic mass is 35.5. The van der Waals surface area contributed by atoms with Gasteiger partial charge in [0.1, 0.15) is 10.7 Å². The molecule has 1 saturated carbocycles. The first kappa shape index (κ1) is 9.61. The van der Waals surface area contributed by atoms with Crippen LogP contribution < -0.4 is 0 Å². The summed E-state index contributed by atoms with van der Waals surface area (Å²) in [6.07, 6.45) is 11.3. The molecular weight excluding hydrogens is 198 g/mol. The molecule has 0 atom stereocenters. The number of aromatic nitrogens is 1. The molecule has 0 spiro atoms. The van der Waals surface area contributed by atoms with Crippen molar-refractivity contribution >= 4 is 11.6 Å². The molecule has 0 aromatic carbocycles. The van der Waals surface area contributed by atoms with Crippen LogP contribution in [-0.4, -0.2) is 5.16 Å². The van der Waals surface area contributed by atoms with Crippen LogP contribution in [0, 0.1) is 12.3 Å². The Hall–Kier alpha value is -0.940. The van der Waals surface area contributed by atoms with E-state index in [0.29, 0.717) is 16.7 Å². The highest BCUT2D eigenvalue weighted by Crippen LogP contribution is 2.36. The summed E-state index contributed by atoms with van der Waals surface area (Å²) in [5, 5.41) is 4.50. The minimum absolute atomic E-state index is 0.368. The third kappa shape index (κ3) is 1.65. The molecule has 0 aliphatic heterocycles. The Balaban J connectivity index is 2.23. The molecule has 74 valence electrons. The zero-order valence-corrected chi connectivity index (χ0v) is 8.68. The Morgan fingerprint density at radius 3 is 2.64 bits per heavy atom. The Morgan fingerprint density at radius 1 is 1.36 bits per heavy atom. The molecular formula is C11H12ClNO. The van der Waals surface area contributed by atoms with Gasteiger partial charge in [-0.3, -0.25) is 0 Å². The highest BCUT2D eigenvalue weighted by Gasteiger charge is 2.23. The molecule has 0 N–H and O–H groups in total. The maximum atomic E-state index is 6.06. The van der Waals surface area contributed by atoms with E-state index in [4.69, 9.17) is 22.5 Å². The van der Waals surface area contributed by atoms with Gasteiger partial charge in [0, 0.05) is 5.92 Å². The van der Waals surface area contributed by atoms with Crippen LogP contribution in [0.1, 0.15) is 49.5 Å². The number of nitrogens with zero attached hydrogens (tertiary/aromatic N) is 1. The van der Waals surface area contributed by atoms with Gasteiger partial charge in [0.05, 0.1) is 0 Å². The van der Waals surface area contributed by atoms with Crippen molar-refractivity contribution in [3.05, 3.63) is 16.5 Å². The Kier molecular flexibility index (Phi) is 2.79. The zero-order valence-electron chi connectivity index (χ0n) is 7.92. The summed E-state index contributed by atoms with van der Waals surface area (Å²) in [4.78, 5) is 0. The van der Waals surface area contributed by atoms with E-state index in [-0.39, 0.29) is 0 Å². The second-order valence-electron chi connectivity index (χ2n) is 3.69. The molecule has 1 aromatic rings. The standard InChI is InChI=1S/C11H12ClNO/c1-2-9-10(12)11(13-14-9)8-6-4-3-5-7-8/h1,8H,3-7H2. The number of halogens is 1. The molecule has 1 aliphatic carbocycles. The topological polar surface area (TPSA) is 26.0 Å². The number of hydrogen-bond donors (Lipinski definition) is 0. The summed E-state index contributed by atoms with van der Waals surface area (Å²) >= 11 is 6.06. The fraction of sp³-hybridized carbons (Fsp3) is 0.545.